The maximum atomic E-state index is 11.9. The number of hydrogen-bond donors (Lipinski definition) is 3. The lowest BCUT2D eigenvalue weighted by atomic mass is 10.2. The zero-order chi connectivity index (χ0) is 21.9. The zero-order valence-electron chi connectivity index (χ0n) is 17.6. The number of likely N-dealkylation sites (tertiary alicyclic amines) is 1. The van der Waals surface area contributed by atoms with Crippen LogP contribution in [0.3, 0.4) is 0 Å². The number of benzene rings is 1. The van der Waals surface area contributed by atoms with Crippen molar-refractivity contribution >= 4 is 28.8 Å². The number of nitrogens with one attached hydrogen (secondary N) is 2. The Bertz CT molecular complexity index is 1130. The first-order chi connectivity index (χ1) is 15.7. The first kappa shape index (κ1) is 20.3. The van der Waals surface area contributed by atoms with Crippen LogP contribution in [0.1, 0.15) is 18.4 Å². The molecule has 11 heteroatoms. The van der Waals surface area contributed by atoms with Gasteiger partial charge in [0, 0.05) is 39.1 Å². The van der Waals surface area contributed by atoms with Gasteiger partial charge in [0.15, 0.2) is 28.5 Å². The predicted molar refractivity (Wildman–Crippen MR) is 117 cm³/mol. The van der Waals surface area contributed by atoms with Crippen LogP contribution in [0.25, 0.3) is 11.2 Å². The van der Waals surface area contributed by atoms with Crippen molar-refractivity contribution in [3.8, 4) is 11.5 Å². The molecule has 0 atom stereocenters. The number of amides is 1. The third-order valence-electron chi connectivity index (χ3n) is 5.54. The van der Waals surface area contributed by atoms with Gasteiger partial charge in [0.1, 0.15) is 0 Å². The molecule has 0 spiro atoms. The van der Waals surface area contributed by atoms with Gasteiger partial charge in [0.05, 0.1) is 12.9 Å². The van der Waals surface area contributed by atoms with E-state index in [0.29, 0.717) is 55.5 Å². The lowest BCUT2D eigenvalue weighted by Crippen LogP contribution is -2.28. The van der Waals surface area contributed by atoms with Crippen LogP contribution in [0.15, 0.2) is 24.5 Å². The number of fused-ring (bicyclic) bond motifs is 2. The van der Waals surface area contributed by atoms with Crippen LogP contribution in [0.5, 0.6) is 11.5 Å². The molecule has 1 aromatic carbocycles. The smallest absolute Gasteiger partial charge is 0.231 e. The Kier molecular flexibility index (Phi) is 5.63. The van der Waals surface area contributed by atoms with Crippen LogP contribution < -0.4 is 20.1 Å². The maximum absolute atomic E-state index is 11.9. The summed E-state index contributed by atoms with van der Waals surface area (Å²) in [5.41, 5.74) is 2.30. The second kappa shape index (κ2) is 8.87. The number of aliphatic hydroxyl groups is 1. The Labute approximate surface area is 184 Å². The molecule has 3 N–H and O–H groups in total. The van der Waals surface area contributed by atoms with E-state index in [-0.39, 0.29) is 19.3 Å². The highest BCUT2D eigenvalue weighted by Crippen LogP contribution is 2.32. The van der Waals surface area contributed by atoms with E-state index in [1.165, 1.54) is 0 Å². The number of ether oxygens (including phenoxy) is 2. The maximum Gasteiger partial charge on any atom is 0.231 e. The van der Waals surface area contributed by atoms with E-state index in [2.05, 4.69) is 25.6 Å². The summed E-state index contributed by atoms with van der Waals surface area (Å²) in [6, 6.07) is 5.77. The minimum Gasteiger partial charge on any atom is -0.454 e. The molecule has 1 amide bonds. The number of carbonyl (C=O) groups is 1. The second-order valence-electron chi connectivity index (χ2n) is 7.68. The average molecular weight is 439 g/mol. The fraction of sp³-hybridized carbons (Fsp3) is 0.429. The second-order valence-corrected chi connectivity index (χ2v) is 7.68. The van der Waals surface area contributed by atoms with Crippen LogP contribution in [0.4, 0.5) is 11.8 Å². The number of imidazole rings is 1. The van der Waals surface area contributed by atoms with Gasteiger partial charge in [-0.3, -0.25) is 4.79 Å². The van der Waals surface area contributed by atoms with E-state index in [4.69, 9.17) is 9.47 Å². The summed E-state index contributed by atoms with van der Waals surface area (Å²) in [5.74, 6) is 2.64. The number of aromatic nitrogens is 4. The predicted octanol–water partition coefficient (Wildman–Crippen LogP) is 1.19. The lowest BCUT2D eigenvalue weighted by molar-refractivity contribution is -0.127. The molecule has 168 valence electrons. The molecule has 1 fully saturated rings. The lowest BCUT2D eigenvalue weighted by Gasteiger charge is -2.16. The molecule has 0 aliphatic carbocycles. The molecule has 1 saturated heterocycles. The molecule has 2 aromatic heterocycles. The standard InChI is InChI=1S/C21H25N7O4/c29-9-5-22-19-18-20(28(12-24-18)8-7-27-6-1-2-17(27)30)26-21(25-19)23-11-14-3-4-15-16(10-14)32-13-31-15/h3-4,10,12,29H,1-2,5-9,11,13H2,(H2,22,23,25,26). The molecule has 11 nitrogen and oxygen atoms in total. The van der Waals surface area contributed by atoms with Crippen LogP contribution in [-0.4, -0.2) is 68.5 Å². The number of hydrogen-bond acceptors (Lipinski definition) is 9. The molecule has 32 heavy (non-hydrogen) atoms. The van der Waals surface area contributed by atoms with E-state index in [9.17, 15) is 9.90 Å². The van der Waals surface area contributed by atoms with E-state index in [1.807, 2.05) is 27.7 Å². The average Bonchev–Trinajstić information content (AvgIpc) is 3.54. The van der Waals surface area contributed by atoms with Crippen molar-refractivity contribution in [3.63, 3.8) is 0 Å². The number of aliphatic hydroxyl groups excluding tert-OH is 1. The number of rotatable bonds is 9. The summed E-state index contributed by atoms with van der Waals surface area (Å²) in [6.45, 7) is 3.07. The summed E-state index contributed by atoms with van der Waals surface area (Å²) in [6.07, 6.45) is 3.25. The van der Waals surface area contributed by atoms with Gasteiger partial charge in [-0.2, -0.15) is 9.97 Å². The Morgan fingerprint density at radius 2 is 2.03 bits per heavy atom. The highest BCUT2D eigenvalue weighted by atomic mass is 16.7. The number of anilines is 2. The van der Waals surface area contributed by atoms with Gasteiger partial charge >= 0.3 is 0 Å². The van der Waals surface area contributed by atoms with Gasteiger partial charge < -0.3 is 34.7 Å². The fourth-order valence-electron chi connectivity index (χ4n) is 3.89. The molecule has 5 rings (SSSR count). The van der Waals surface area contributed by atoms with Gasteiger partial charge in [-0.1, -0.05) is 6.07 Å². The fourth-order valence-corrected chi connectivity index (χ4v) is 3.89. The summed E-state index contributed by atoms with van der Waals surface area (Å²) < 4.78 is 12.7. The van der Waals surface area contributed by atoms with Crippen molar-refractivity contribution in [1.82, 2.24) is 24.4 Å². The van der Waals surface area contributed by atoms with E-state index in [1.54, 1.807) is 6.33 Å². The van der Waals surface area contributed by atoms with Crippen LogP contribution in [0, 0.1) is 0 Å². The van der Waals surface area contributed by atoms with Crippen LogP contribution >= 0.6 is 0 Å². The van der Waals surface area contributed by atoms with Crippen molar-refractivity contribution in [2.75, 3.05) is 43.7 Å². The van der Waals surface area contributed by atoms with Crippen molar-refractivity contribution in [3.05, 3.63) is 30.1 Å². The molecular formula is C21H25N7O4. The van der Waals surface area contributed by atoms with Crippen molar-refractivity contribution < 1.29 is 19.4 Å². The Hall–Kier alpha value is -3.60. The third-order valence-corrected chi connectivity index (χ3v) is 5.54. The summed E-state index contributed by atoms with van der Waals surface area (Å²) >= 11 is 0. The molecule has 0 radical (unpaired) electrons. The van der Waals surface area contributed by atoms with E-state index in [0.717, 1.165) is 30.0 Å². The largest absolute Gasteiger partial charge is 0.454 e. The molecule has 0 unspecified atom stereocenters. The highest BCUT2D eigenvalue weighted by Gasteiger charge is 2.20. The SMILES string of the molecule is O=C1CCCN1CCn1cnc2c(NCCO)nc(NCc3ccc4c(c3)OCO4)nc21. The summed E-state index contributed by atoms with van der Waals surface area (Å²) in [7, 11) is 0. The summed E-state index contributed by atoms with van der Waals surface area (Å²) in [5, 5.41) is 15.6. The van der Waals surface area contributed by atoms with Gasteiger partial charge in [0.25, 0.3) is 0 Å². The van der Waals surface area contributed by atoms with Crippen molar-refractivity contribution in [1.29, 1.82) is 0 Å². The molecule has 3 aromatic rings. The van der Waals surface area contributed by atoms with Gasteiger partial charge in [-0.05, 0) is 24.1 Å². The van der Waals surface area contributed by atoms with Crippen LogP contribution in [-0.2, 0) is 17.9 Å². The Morgan fingerprint density at radius 1 is 1.12 bits per heavy atom. The molecule has 0 saturated carbocycles. The van der Waals surface area contributed by atoms with Gasteiger partial charge in [-0.15, -0.1) is 0 Å². The van der Waals surface area contributed by atoms with Crippen molar-refractivity contribution in [2.45, 2.75) is 25.9 Å². The molecular weight excluding hydrogens is 414 g/mol. The van der Waals surface area contributed by atoms with Gasteiger partial charge in [0.2, 0.25) is 18.6 Å². The first-order valence-electron chi connectivity index (χ1n) is 10.7. The van der Waals surface area contributed by atoms with Crippen molar-refractivity contribution in [2.24, 2.45) is 0 Å². The normalized spacial score (nSPS) is 15.0. The van der Waals surface area contributed by atoms with E-state index >= 15 is 0 Å². The van der Waals surface area contributed by atoms with Crippen LogP contribution in [0.2, 0.25) is 0 Å². The van der Waals surface area contributed by atoms with E-state index < -0.39 is 0 Å². The topological polar surface area (TPSA) is 127 Å². The minimum absolute atomic E-state index is 0.0246. The monoisotopic (exact) mass is 439 g/mol. The highest BCUT2D eigenvalue weighted by molar-refractivity contribution is 5.84. The molecule has 0 bridgehead atoms. The minimum atomic E-state index is -0.0246. The summed E-state index contributed by atoms with van der Waals surface area (Å²) in [4.78, 5) is 27.5. The first-order valence-corrected chi connectivity index (χ1v) is 10.7. The quantitative estimate of drug-likeness (QED) is 0.451. The number of carbonyl (C=O) groups excluding carboxylic acids is 1. The molecule has 4 heterocycles. The molecule has 2 aliphatic rings. The van der Waals surface area contributed by atoms with Gasteiger partial charge in [-0.25, -0.2) is 4.98 Å². The molecule has 2 aliphatic heterocycles. The Balaban J connectivity index is 1.36. The zero-order valence-corrected chi connectivity index (χ0v) is 17.6. The Morgan fingerprint density at radius 3 is 2.88 bits per heavy atom. The third kappa shape index (κ3) is 4.11. The number of nitrogens with zero attached hydrogens (tertiary/aromatic N) is 5.